The summed E-state index contributed by atoms with van der Waals surface area (Å²) in [6.45, 7) is 17.9. The average Bonchev–Trinajstić information content (AvgIpc) is 1.53. The molecule has 5 aliphatic carbocycles. The Morgan fingerprint density at radius 3 is 1.27 bits per heavy atom. The zero-order valence-electron chi connectivity index (χ0n) is 77.3. The highest BCUT2D eigenvalue weighted by atomic mass is 35.5. The van der Waals surface area contributed by atoms with Crippen molar-refractivity contribution in [3.8, 4) is 0 Å². The summed E-state index contributed by atoms with van der Waals surface area (Å²) >= 11 is 12.4. The van der Waals surface area contributed by atoms with Gasteiger partial charge in [-0.05, 0) is 245 Å². The predicted octanol–water partition coefficient (Wildman–Crippen LogP) is 14.7. The first-order chi connectivity index (χ1) is 66.3. The zero-order chi connectivity index (χ0) is 98.7. The van der Waals surface area contributed by atoms with Crippen LogP contribution in [0.1, 0.15) is 282 Å². The summed E-state index contributed by atoms with van der Waals surface area (Å²) in [5, 5.41) is 49.1. The number of carbonyl (C=O) groups is 12. The number of halogens is 6. The minimum atomic E-state index is -1.65. The van der Waals surface area contributed by atoms with E-state index in [1.165, 1.54) is 25.4 Å². The molecular formula is C99H96Cl2F4N20O14. The van der Waals surface area contributed by atoms with Gasteiger partial charge in [0.25, 0.3) is 70.4 Å². The van der Waals surface area contributed by atoms with E-state index in [-0.39, 0.29) is 63.2 Å². The molecule has 1 unspecified atom stereocenters. The Labute approximate surface area is 801 Å². The van der Waals surface area contributed by atoms with Crippen LogP contribution in [0.25, 0.3) is 0 Å². The molecule has 9 N–H and O–H groups in total. The fourth-order valence-electron chi connectivity index (χ4n) is 19.5. The van der Waals surface area contributed by atoms with Gasteiger partial charge in [-0.25, -0.2) is 17.6 Å². The van der Waals surface area contributed by atoms with Crippen molar-refractivity contribution in [2.45, 2.75) is 226 Å². The van der Waals surface area contributed by atoms with E-state index in [0.717, 1.165) is 73.5 Å². The molecule has 12 aromatic rings. The lowest BCUT2D eigenvalue weighted by Gasteiger charge is -2.17. The van der Waals surface area contributed by atoms with Gasteiger partial charge in [0.05, 0.1) is 45.2 Å². The Morgan fingerprint density at radius 2 is 0.871 bits per heavy atom. The molecule has 8 amide bonds. The van der Waals surface area contributed by atoms with Crippen LogP contribution in [0.15, 0.2) is 106 Å². The first-order valence-corrected chi connectivity index (χ1v) is 46.5. The average molecular weight is 1940 g/mol. The zero-order valence-corrected chi connectivity index (χ0v) is 78.8. The molecule has 21 rings (SSSR count). The van der Waals surface area contributed by atoms with Gasteiger partial charge in [0.15, 0.2) is 5.82 Å². The van der Waals surface area contributed by atoms with Crippen LogP contribution in [-0.2, 0) is 86.7 Å². The van der Waals surface area contributed by atoms with Crippen LogP contribution in [0, 0.1) is 85.7 Å². The molecule has 718 valence electrons. The summed E-state index contributed by atoms with van der Waals surface area (Å²) in [6, 6.07) is 23.7. The molecule has 9 aliphatic rings. The number of amides is 8. The van der Waals surface area contributed by atoms with Crippen molar-refractivity contribution in [2.75, 3.05) is 21.3 Å². The van der Waals surface area contributed by atoms with E-state index in [4.69, 9.17) is 32.0 Å². The van der Waals surface area contributed by atoms with Crippen molar-refractivity contribution in [3.05, 3.63) is 272 Å². The van der Waals surface area contributed by atoms with Gasteiger partial charge in [-0.1, -0.05) is 65.7 Å². The van der Waals surface area contributed by atoms with Crippen LogP contribution in [0.3, 0.4) is 0 Å². The topological polar surface area (TPSA) is 453 Å². The van der Waals surface area contributed by atoms with Crippen LogP contribution >= 0.6 is 23.2 Å². The highest BCUT2D eigenvalue weighted by molar-refractivity contribution is 6.46. The lowest BCUT2D eigenvalue weighted by molar-refractivity contribution is -0.118. The van der Waals surface area contributed by atoms with Crippen molar-refractivity contribution >= 4 is 116 Å². The number of carbonyl (C=O) groups excluding carboxylic acids is 12. The lowest BCUT2D eigenvalue weighted by Crippen LogP contribution is -2.40. The Bertz CT molecular complexity index is 7170. The summed E-state index contributed by atoms with van der Waals surface area (Å²) in [6.07, 6.45) is 11.9. The number of ketones is 4. The minimum absolute atomic E-state index is 0.0420. The molecule has 8 aromatic heterocycles. The molecule has 0 bridgehead atoms. The number of anilines is 4. The monoisotopic (exact) mass is 1930 g/mol. The molecule has 5 saturated carbocycles. The van der Waals surface area contributed by atoms with Gasteiger partial charge in [0.2, 0.25) is 23.6 Å². The summed E-state index contributed by atoms with van der Waals surface area (Å²) in [5.74, 6) is -8.51. The summed E-state index contributed by atoms with van der Waals surface area (Å²) in [7, 11) is 0. The van der Waals surface area contributed by atoms with Crippen molar-refractivity contribution in [1.29, 1.82) is 0 Å². The maximum atomic E-state index is 14.7. The van der Waals surface area contributed by atoms with Gasteiger partial charge in [-0.2, -0.15) is 15.4 Å². The number of aromatic amines is 1. The standard InChI is InChI=1S/C27H26ClN3O3.C24H24ClN5O4.C24H23F2N7O3.C24H23F2N5O4/c1-16-10-11-19(15-20(16)28)29-25(33)23-17(2)22(21-9-6-14-31(21)23)24(32)26(34)30-27(12-13-27)18-7-4-3-5-8-18;1-12-6-7-15(11-16(12)25)26-21(32)19-13(2)18(17-5-4-10-30(17)19)20(31)22(33)27-24(8-9-24)23-29-28-14(3)34-23;1-10-17(21(34)23(36)30-24(4-5-24)16-9-28-32-31-16)15-8-12-7-14(12)33(15)20(10)22(35)29-13-3-6-27-19(11(2)25)18(13)26;1-11-15(25)9-14(10-16(11)26)27-21(33)19-12(2)18(17-5-4-8-31(17)19)20(32)22(34)28-24(6-7-24)23-30-29-13(3)35-23/h3-5,7-8,10-11,15H,6,9,12-14H2,1-2H3,(H,29,33)(H,30,34);6-7,11H,4-5,8-10H2,1-3H3,(H,26,32)(H,27,33);3,6,9,11-12,14H,4-5,7-8H2,1-2H3,(H,30,36)(H,27,29,35)(H,28,31,32);9-10H,4-8H2,1-3H3,(H,27,33)(H,28,34)/t;;11?,12-,14-;/m..1./s1. The minimum Gasteiger partial charge on any atom is -0.423 e. The van der Waals surface area contributed by atoms with Crippen molar-refractivity contribution in [3.63, 3.8) is 0 Å². The second kappa shape index (κ2) is 36.7. The van der Waals surface area contributed by atoms with E-state index in [1.807, 2.05) is 65.4 Å². The summed E-state index contributed by atoms with van der Waals surface area (Å²) < 4.78 is 74.5. The largest absolute Gasteiger partial charge is 0.423 e. The molecular weight excluding hydrogens is 1840 g/mol. The second-order valence-corrected chi connectivity index (χ2v) is 37.8. The molecule has 34 nitrogen and oxygen atoms in total. The normalized spacial score (nSPS) is 17.1. The molecule has 3 atom stereocenters. The third-order valence-electron chi connectivity index (χ3n) is 27.5. The second-order valence-electron chi connectivity index (χ2n) is 37.0. The molecule has 139 heavy (non-hydrogen) atoms. The Morgan fingerprint density at radius 1 is 0.468 bits per heavy atom. The van der Waals surface area contributed by atoms with Gasteiger partial charge in [0.1, 0.15) is 63.0 Å². The number of aromatic nitrogens is 12. The predicted molar refractivity (Wildman–Crippen MR) is 496 cm³/mol. The van der Waals surface area contributed by atoms with Crippen molar-refractivity contribution in [1.82, 2.24) is 80.3 Å². The van der Waals surface area contributed by atoms with E-state index in [9.17, 15) is 75.1 Å². The SMILES string of the molecule is Cc1c(C(=O)C(=O)NC2(c3cn[nH]n3)CC2)c2n(c1C(=O)Nc1ccnc(C(C)F)c1F)[C@@H]1C[C@@H]1C2.Cc1ccc(NC(=O)c2c(C)c(C(=O)C(=O)NC3(c4ccccc4)CC3)c3n2CCC3)cc1Cl.Cc1nnc(C2(NC(=O)C(=O)c3c(C)c(C(=O)Nc4cc(F)c(C)c(F)c4)n4c3CCC4)CC2)o1.Cc1nnc(C2(NC(=O)C(=O)c3c(C)c(C(=O)Nc4ccc(C)c(Cl)c4)n4c3CCC4)CC2)o1. The van der Waals surface area contributed by atoms with E-state index in [0.29, 0.717) is 203 Å². The molecule has 12 heterocycles. The van der Waals surface area contributed by atoms with Gasteiger partial charge >= 0.3 is 0 Å². The van der Waals surface area contributed by atoms with E-state index < -0.39 is 110 Å². The van der Waals surface area contributed by atoms with Crippen LogP contribution in [0.5, 0.6) is 0 Å². The molecule has 0 saturated heterocycles. The summed E-state index contributed by atoms with van der Waals surface area (Å²) in [4.78, 5) is 162. The highest BCUT2D eigenvalue weighted by Crippen LogP contribution is 2.56. The number of benzene rings is 4. The number of hydrogen-bond acceptors (Lipinski definition) is 21. The molecule has 5 fully saturated rings. The van der Waals surface area contributed by atoms with Gasteiger partial charge < -0.3 is 69.6 Å². The lowest BCUT2D eigenvalue weighted by atomic mass is 10.0. The van der Waals surface area contributed by atoms with Crippen LogP contribution in [-0.4, -0.2) is 129 Å². The molecule has 0 radical (unpaired) electrons. The van der Waals surface area contributed by atoms with E-state index >= 15 is 0 Å². The number of rotatable bonds is 25. The van der Waals surface area contributed by atoms with E-state index in [2.05, 4.69) is 83.3 Å². The highest BCUT2D eigenvalue weighted by Gasteiger charge is 2.56. The van der Waals surface area contributed by atoms with Gasteiger partial charge in [-0.15, -0.1) is 20.4 Å². The van der Waals surface area contributed by atoms with Crippen LogP contribution in [0.4, 0.5) is 40.3 Å². The number of H-pyrrole nitrogens is 1. The van der Waals surface area contributed by atoms with Crippen LogP contribution in [0.2, 0.25) is 10.0 Å². The fraction of sp³-hybridized carbons (Fsp3) is 0.364. The van der Waals surface area contributed by atoms with E-state index in [1.54, 1.807) is 74.9 Å². The fourth-order valence-corrected chi connectivity index (χ4v) is 19.8. The summed E-state index contributed by atoms with van der Waals surface area (Å²) in [5.41, 5.74) is 7.51. The third kappa shape index (κ3) is 17.9. The number of nitrogens with zero attached hydrogens (tertiary/aromatic N) is 11. The van der Waals surface area contributed by atoms with Crippen molar-refractivity contribution in [2.24, 2.45) is 5.92 Å². The number of fused-ring (bicyclic) bond motifs is 6. The molecule has 4 aliphatic heterocycles. The quantitative estimate of drug-likeness (QED) is 0.0146. The number of alkyl halides is 1. The maximum Gasteiger partial charge on any atom is 0.293 e. The van der Waals surface area contributed by atoms with Crippen LogP contribution < -0.4 is 42.5 Å². The number of pyridine rings is 1. The molecule has 0 spiro atoms. The third-order valence-corrected chi connectivity index (χ3v) is 28.3. The number of aryl methyl sites for hydroxylation is 4. The van der Waals surface area contributed by atoms with Gasteiger partial charge in [0, 0.05) is 101 Å². The Kier molecular flexibility index (Phi) is 25.0. The first kappa shape index (κ1) is 94.7. The molecule has 4 aromatic carbocycles. The van der Waals surface area contributed by atoms with Crippen molar-refractivity contribution < 1.29 is 83.9 Å². The number of nitrogens with one attached hydrogen (secondary N) is 9. The van der Waals surface area contributed by atoms with Gasteiger partial charge in [-0.3, -0.25) is 62.5 Å². The Hall–Kier alpha value is -14.7. The number of Topliss-reactive ketones (excluding diaryl/α,β-unsaturated/α-hetero) is 4. The maximum absolute atomic E-state index is 14.7. The number of hydrogen-bond donors (Lipinski definition) is 9. The Balaban J connectivity index is 0.000000123. The smallest absolute Gasteiger partial charge is 0.293 e. The molecule has 40 heteroatoms. The first-order valence-electron chi connectivity index (χ1n) is 45.7.